The summed E-state index contributed by atoms with van der Waals surface area (Å²) >= 11 is 6.83. The summed E-state index contributed by atoms with van der Waals surface area (Å²) in [6.07, 6.45) is 7.08. The van der Waals surface area contributed by atoms with Gasteiger partial charge in [-0.3, -0.25) is 4.79 Å². The topological polar surface area (TPSA) is 17.1 Å². The Morgan fingerprint density at radius 1 is 1.47 bits per heavy atom. The standard InChI is InChI=1S/C14H16Br2O/c1-13-6-3-10(5-8-15)9-11(13)14(2,16)12(17)4-7-13/h4,7,10-11H,3,6,9H2,1-2H3/t10-,11-,13-,14+/m0/s1. The molecule has 17 heavy (non-hydrogen) atoms. The second-order valence-electron chi connectivity index (χ2n) is 5.54. The van der Waals surface area contributed by atoms with Crippen molar-refractivity contribution in [3.05, 3.63) is 12.2 Å². The van der Waals surface area contributed by atoms with E-state index in [1.807, 2.05) is 6.92 Å². The molecule has 0 radical (unpaired) electrons. The highest BCUT2D eigenvalue weighted by molar-refractivity contribution is 9.12. The van der Waals surface area contributed by atoms with E-state index in [2.05, 4.69) is 55.6 Å². The highest BCUT2D eigenvalue weighted by atomic mass is 79.9. The van der Waals surface area contributed by atoms with E-state index in [0.717, 1.165) is 19.3 Å². The minimum Gasteiger partial charge on any atom is -0.293 e. The van der Waals surface area contributed by atoms with Crippen LogP contribution in [0, 0.1) is 28.0 Å². The molecule has 1 saturated carbocycles. The van der Waals surface area contributed by atoms with E-state index in [9.17, 15) is 4.79 Å². The fraction of sp³-hybridized carbons (Fsp3) is 0.643. The number of hydrogen-bond donors (Lipinski definition) is 0. The summed E-state index contributed by atoms with van der Waals surface area (Å²) in [5, 5.41) is 0. The summed E-state index contributed by atoms with van der Waals surface area (Å²) in [4.78, 5) is 14.8. The number of fused-ring (bicyclic) bond motifs is 1. The van der Waals surface area contributed by atoms with Crippen molar-refractivity contribution in [3.63, 3.8) is 0 Å². The Labute approximate surface area is 120 Å². The highest BCUT2D eigenvalue weighted by Crippen LogP contribution is 2.54. The van der Waals surface area contributed by atoms with Gasteiger partial charge in [0.25, 0.3) is 0 Å². The zero-order chi connectivity index (χ0) is 12.7. The summed E-state index contributed by atoms with van der Waals surface area (Å²) in [7, 11) is 0. The first kappa shape index (κ1) is 13.4. The van der Waals surface area contributed by atoms with Crippen LogP contribution in [0.5, 0.6) is 0 Å². The van der Waals surface area contributed by atoms with Gasteiger partial charge < -0.3 is 0 Å². The van der Waals surface area contributed by atoms with Gasteiger partial charge in [0.05, 0.1) is 4.32 Å². The summed E-state index contributed by atoms with van der Waals surface area (Å²) in [6.45, 7) is 4.27. The minimum absolute atomic E-state index is 0.136. The molecule has 2 aliphatic carbocycles. The van der Waals surface area contributed by atoms with Crippen molar-refractivity contribution >= 4 is 37.6 Å². The van der Waals surface area contributed by atoms with Gasteiger partial charge in [-0.25, -0.2) is 0 Å². The molecule has 2 aliphatic rings. The molecule has 1 fully saturated rings. The maximum absolute atomic E-state index is 12.0. The van der Waals surface area contributed by atoms with E-state index in [4.69, 9.17) is 0 Å². The van der Waals surface area contributed by atoms with Crippen LogP contribution in [0.15, 0.2) is 12.2 Å². The fourth-order valence-corrected chi connectivity index (χ4v) is 4.35. The van der Waals surface area contributed by atoms with Crippen molar-refractivity contribution < 1.29 is 4.79 Å². The first-order valence-electron chi connectivity index (χ1n) is 5.94. The fourth-order valence-electron chi connectivity index (χ4n) is 3.18. The summed E-state index contributed by atoms with van der Waals surface area (Å²) < 4.78 is -0.427. The van der Waals surface area contributed by atoms with E-state index < -0.39 is 4.32 Å². The van der Waals surface area contributed by atoms with Crippen LogP contribution < -0.4 is 0 Å². The third kappa shape index (κ3) is 2.27. The van der Waals surface area contributed by atoms with Crippen LogP contribution in [-0.4, -0.2) is 10.1 Å². The first-order chi connectivity index (χ1) is 7.90. The number of carbonyl (C=O) groups is 1. The lowest BCUT2D eigenvalue weighted by Gasteiger charge is -2.49. The van der Waals surface area contributed by atoms with E-state index in [-0.39, 0.29) is 11.2 Å². The quantitative estimate of drug-likeness (QED) is 0.471. The number of hydrogen-bond acceptors (Lipinski definition) is 1. The molecule has 3 heteroatoms. The monoisotopic (exact) mass is 358 g/mol. The second kappa shape index (κ2) is 4.55. The van der Waals surface area contributed by atoms with Crippen LogP contribution in [0.25, 0.3) is 0 Å². The van der Waals surface area contributed by atoms with Gasteiger partial charge in [0, 0.05) is 21.8 Å². The van der Waals surface area contributed by atoms with Crippen LogP contribution in [0.4, 0.5) is 0 Å². The van der Waals surface area contributed by atoms with Gasteiger partial charge in [0.15, 0.2) is 5.78 Å². The highest BCUT2D eigenvalue weighted by Gasteiger charge is 2.52. The van der Waals surface area contributed by atoms with Gasteiger partial charge in [0.1, 0.15) is 0 Å². The Balaban J connectivity index is 2.34. The molecule has 0 aromatic rings. The molecule has 2 rings (SSSR count). The normalized spacial score (nSPS) is 44.8. The van der Waals surface area contributed by atoms with Crippen molar-refractivity contribution in [1.82, 2.24) is 0 Å². The van der Waals surface area contributed by atoms with Crippen molar-refractivity contribution in [3.8, 4) is 10.8 Å². The Kier molecular flexibility index (Phi) is 3.58. The Morgan fingerprint density at radius 3 is 2.82 bits per heavy atom. The average Bonchev–Trinajstić information content (AvgIpc) is 2.27. The van der Waals surface area contributed by atoms with Crippen LogP contribution in [0.3, 0.4) is 0 Å². The summed E-state index contributed by atoms with van der Waals surface area (Å²) in [5.74, 6) is 4.12. The first-order valence-corrected chi connectivity index (χ1v) is 7.52. The number of alkyl halides is 1. The molecule has 0 unspecified atom stereocenters. The third-order valence-electron chi connectivity index (χ3n) is 4.36. The number of ketones is 1. The molecule has 0 aromatic carbocycles. The zero-order valence-electron chi connectivity index (χ0n) is 10.1. The van der Waals surface area contributed by atoms with Gasteiger partial charge in [-0.2, -0.15) is 0 Å². The number of allylic oxidation sites excluding steroid dienone is 2. The Bertz CT molecular complexity index is 427. The minimum atomic E-state index is -0.427. The molecular weight excluding hydrogens is 344 g/mol. The predicted molar refractivity (Wildman–Crippen MR) is 77.1 cm³/mol. The molecule has 92 valence electrons. The van der Waals surface area contributed by atoms with Crippen molar-refractivity contribution in [2.24, 2.45) is 17.3 Å². The molecule has 0 heterocycles. The summed E-state index contributed by atoms with van der Waals surface area (Å²) in [6, 6.07) is 0. The largest absolute Gasteiger partial charge is 0.293 e. The third-order valence-corrected chi connectivity index (χ3v) is 5.53. The lowest BCUT2D eigenvalue weighted by atomic mass is 9.57. The molecular formula is C14H16Br2O. The van der Waals surface area contributed by atoms with Gasteiger partial charge in [-0.15, -0.1) is 0 Å². The maximum atomic E-state index is 12.0. The summed E-state index contributed by atoms with van der Waals surface area (Å²) in [5.41, 5.74) is 0.136. The van der Waals surface area contributed by atoms with E-state index in [1.54, 1.807) is 6.08 Å². The SMILES string of the molecule is C[C@]1(Br)C(=O)C=C[C@]2(C)CC[C@@H](C#CBr)C[C@H]12. The maximum Gasteiger partial charge on any atom is 0.172 e. The molecule has 0 aromatic heterocycles. The van der Waals surface area contributed by atoms with Crippen molar-refractivity contribution in [2.45, 2.75) is 37.4 Å². The van der Waals surface area contributed by atoms with E-state index in [1.165, 1.54) is 0 Å². The molecule has 0 spiro atoms. The van der Waals surface area contributed by atoms with E-state index in [0.29, 0.717) is 11.8 Å². The van der Waals surface area contributed by atoms with Crippen LogP contribution in [0.2, 0.25) is 0 Å². The van der Waals surface area contributed by atoms with Gasteiger partial charge >= 0.3 is 0 Å². The number of halogens is 2. The second-order valence-corrected chi connectivity index (χ2v) is 7.59. The molecule has 0 bridgehead atoms. The van der Waals surface area contributed by atoms with Gasteiger partial charge in [0.2, 0.25) is 0 Å². The van der Waals surface area contributed by atoms with E-state index >= 15 is 0 Å². The van der Waals surface area contributed by atoms with Crippen molar-refractivity contribution in [2.75, 3.05) is 0 Å². The average molecular weight is 360 g/mol. The molecule has 4 atom stereocenters. The lowest BCUT2D eigenvalue weighted by molar-refractivity contribution is -0.120. The molecule has 0 N–H and O–H groups in total. The molecule has 0 saturated heterocycles. The van der Waals surface area contributed by atoms with Crippen LogP contribution >= 0.6 is 31.9 Å². The Hall–Kier alpha value is -0.0700. The number of carbonyl (C=O) groups excluding carboxylic acids is 1. The van der Waals surface area contributed by atoms with Gasteiger partial charge in [-0.05, 0) is 48.4 Å². The Morgan fingerprint density at radius 2 is 2.18 bits per heavy atom. The smallest absolute Gasteiger partial charge is 0.172 e. The van der Waals surface area contributed by atoms with Crippen LogP contribution in [-0.2, 0) is 4.79 Å². The molecule has 0 aliphatic heterocycles. The molecule has 0 amide bonds. The molecule has 1 nitrogen and oxygen atoms in total. The van der Waals surface area contributed by atoms with Crippen molar-refractivity contribution in [1.29, 1.82) is 0 Å². The zero-order valence-corrected chi connectivity index (χ0v) is 13.3. The van der Waals surface area contributed by atoms with Crippen LogP contribution in [0.1, 0.15) is 33.1 Å². The van der Waals surface area contributed by atoms with Gasteiger partial charge in [-0.1, -0.05) is 34.9 Å². The lowest BCUT2D eigenvalue weighted by Crippen LogP contribution is -2.50. The predicted octanol–water partition coefficient (Wildman–Crippen LogP) is 4.06. The number of rotatable bonds is 0.